The summed E-state index contributed by atoms with van der Waals surface area (Å²) in [6.45, 7) is 2.86. The summed E-state index contributed by atoms with van der Waals surface area (Å²) >= 11 is 3.34. The first-order chi connectivity index (χ1) is 12.2. The van der Waals surface area contributed by atoms with E-state index in [1.54, 1.807) is 18.2 Å². The summed E-state index contributed by atoms with van der Waals surface area (Å²) in [5, 5.41) is 3.88. The number of ether oxygens (including phenoxy) is 2. The van der Waals surface area contributed by atoms with E-state index in [-0.39, 0.29) is 12.5 Å². The molecule has 1 aromatic heterocycles. The Bertz CT molecular complexity index is 741. The molecule has 25 heavy (non-hydrogen) atoms. The van der Waals surface area contributed by atoms with E-state index in [1.165, 1.54) is 6.21 Å². The molecule has 3 rings (SSSR count). The zero-order chi connectivity index (χ0) is 17.5. The average molecular weight is 408 g/mol. The number of nitrogens with one attached hydrogen (secondary N) is 1. The second-order valence-electron chi connectivity index (χ2n) is 5.31. The van der Waals surface area contributed by atoms with E-state index in [0.717, 1.165) is 23.4 Å². The number of benzene rings is 1. The molecule has 1 aliphatic rings. The molecule has 1 aliphatic heterocycles. The zero-order valence-corrected chi connectivity index (χ0v) is 15.1. The Morgan fingerprint density at radius 3 is 2.96 bits per heavy atom. The number of carbonyl (C=O) groups is 1. The average Bonchev–Trinajstić information content (AvgIpc) is 3.10. The second-order valence-corrected chi connectivity index (χ2v) is 6.23. The van der Waals surface area contributed by atoms with Crippen LogP contribution >= 0.6 is 15.9 Å². The predicted molar refractivity (Wildman–Crippen MR) is 97.1 cm³/mol. The Morgan fingerprint density at radius 2 is 2.16 bits per heavy atom. The van der Waals surface area contributed by atoms with Gasteiger partial charge in [0.1, 0.15) is 11.5 Å². The van der Waals surface area contributed by atoms with Crippen molar-refractivity contribution in [1.82, 2.24) is 5.43 Å². The molecule has 0 bridgehead atoms. The molecule has 0 saturated carbocycles. The smallest absolute Gasteiger partial charge is 0.277 e. The van der Waals surface area contributed by atoms with Crippen LogP contribution < -0.4 is 15.1 Å². The first-order valence-corrected chi connectivity index (χ1v) is 8.63. The van der Waals surface area contributed by atoms with E-state index in [2.05, 4.69) is 31.4 Å². The summed E-state index contributed by atoms with van der Waals surface area (Å²) in [6.07, 6.45) is 1.46. The standard InChI is InChI=1S/C17H18BrN3O4/c18-13-2-1-3-14(10-13)24-12-16(22)20-19-11-15-4-5-17(25-15)21-6-8-23-9-7-21/h1-5,10-11H,6-9,12H2,(H,20,22)/b19-11+. The summed E-state index contributed by atoms with van der Waals surface area (Å²) in [4.78, 5) is 13.8. The van der Waals surface area contributed by atoms with Crippen molar-refractivity contribution < 1.29 is 18.7 Å². The van der Waals surface area contributed by atoms with Gasteiger partial charge in [0, 0.05) is 23.6 Å². The van der Waals surface area contributed by atoms with Crippen LogP contribution in [0.5, 0.6) is 5.75 Å². The Balaban J connectivity index is 1.44. The third kappa shape index (κ3) is 5.33. The molecule has 0 radical (unpaired) electrons. The van der Waals surface area contributed by atoms with Crippen molar-refractivity contribution >= 4 is 33.9 Å². The van der Waals surface area contributed by atoms with Gasteiger partial charge in [0.25, 0.3) is 5.91 Å². The number of nitrogens with zero attached hydrogens (tertiary/aromatic N) is 2. The van der Waals surface area contributed by atoms with Gasteiger partial charge in [0.15, 0.2) is 12.5 Å². The van der Waals surface area contributed by atoms with E-state index < -0.39 is 0 Å². The van der Waals surface area contributed by atoms with Crippen LogP contribution in [0.25, 0.3) is 0 Å². The highest BCUT2D eigenvalue weighted by atomic mass is 79.9. The van der Waals surface area contributed by atoms with Crippen LogP contribution in [-0.4, -0.2) is 45.0 Å². The Labute approximate surface area is 153 Å². The molecule has 0 unspecified atom stereocenters. The van der Waals surface area contributed by atoms with Crippen molar-refractivity contribution in [2.75, 3.05) is 37.8 Å². The molecule has 1 amide bonds. The minimum absolute atomic E-state index is 0.120. The highest BCUT2D eigenvalue weighted by Gasteiger charge is 2.14. The number of hydrogen-bond acceptors (Lipinski definition) is 6. The largest absolute Gasteiger partial charge is 0.484 e. The molecule has 1 fully saturated rings. The lowest BCUT2D eigenvalue weighted by molar-refractivity contribution is -0.123. The van der Waals surface area contributed by atoms with Crippen molar-refractivity contribution in [2.24, 2.45) is 5.10 Å². The lowest BCUT2D eigenvalue weighted by atomic mass is 10.3. The lowest BCUT2D eigenvalue weighted by Gasteiger charge is -2.26. The molecule has 0 aliphatic carbocycles. The molecule has 2 aromatic rings. The first-order valence-electron chi connectivity index (χ1n) is 7.83. The van der Waals surface area contributed by atoms with Crippen molar-refractivity contribution in [2.45, 2.75) is 0 Å². The monoisotopic (exact) mass is 407 g/mol. The number of hydrazone groups is 1. The normalized spacial score (nSPS) is 14.7. The zero-order valence-electron chi connectivity index (χ0n) is 13.5. The maximum absolute atomic E-state index is 11.7. The van der Waals surface area contributed by atoms with Crippen LogP contribution in [0.4, 0.5) is 5.88 Å². The van der Waals surface area contributed by atoms with Gasteiger partial charge in [-0.25, -0.2) is 5.43 Å². The van der Waals surface area contributed by atoms with E-state index in [9.17, 15) is 4.79 Å². The highest BCUT2D eigenvalue weighted by molar-refractivity contribution is 9.10. The van der Waals surface area contributed by atoms with Crippen LogP contribution in [0.1, 0.15) is 5.76 Å². The van der Waals surface area contributed by atoms with Gasteiger partial charge >= 0.3 is 0 Å². The number of furan rings is 1. The van der Waals surface area contributed by atoms with Crippen molar-refractivity contribution in [3.8, 4) is 5.75 Å². The van der Waals surface area contributed by atoms with Gasteiger partial charge in [-0.2, -0.15) is 5.10 Å². The Hall–Kier alpha value is -2.32. The van der Waals surface area contributed by atoms with E-state index >= 15 is 0 Å². The molecule has 1 N–H and O–H groups in total. The molecule has 7 nitrogen and oxygen atoms in total. The fourth-order valence-corrected chi connectivity index (χ4v) is 2.65. The van der Waals surface area contributed by atoms with Crippen LogP contribution in [0.15, 0.2) is 50.4 Å². The Morgan fingerprint density at radius 1 is 1.32 bits per heavy atom. The summed E-state index contributed by atoms with van der Waals surface area (Å²) in [7, 11) is 0. The summed E-state index contributed by atoms with van der Waals surface area (Å²) in [5.74, 6) is 1.59. The third-order valence-corrected chi connectivity index (χ3v) is 3.98. The van der Waals surface area contributed by atoms with Crippen molar-refractivity contribution in [3.63, 3.8) is 0 Å². The fraction of sp³-hybridized carbons (Fsp3) is 0.294. The summed E-state index contributed by atoms with van der Waals surface area (Å²) < 4.78 is 17.3. The van der Waals surface area contributed by atoms with Gasteiger partial charge < -0.3 is 18.8 Å². The van der Waals surface area contributed by atoms with Gasteiger partial charge in [0.2, 0.25) is 0 Å². The number of carbonyl (C=O) groups excluding carboxylic acids is 1. The molecule has 1 saturated heterocycles. The third-order valence-electron chi connectivity index (χ3n) is 3.48. The maximum atomic E-state index is 11.7. The number of halogens is 1. The number of rotatable bonds is 6. The number of hydrogen-bond donors (Lipinski definition) is 1. The quantitative estimate of drug-likeness (QED) is 0.587. The molecular weight excluding hydrogens is 390 g/mol. The van der Waals surface area contributed by atoms with Crippen molar-refractivity contribution in [3.05, 3.63) is 46.6 Å². The lowest BCUT2D eigenvalue weighted by Crippen LogP contribution is -2.35. The molecule has 1 aromatic carbocycles. The van der Waals surface area contributed by atoms with Gasteiger partial charge in [-0.05, 0) is 24.3 Å². The van der Waals surface area contributed by atoms with Gasteiger partial charge in [-0.15, -0.1) is 0 Å². The minimum atomic E-state index is -0.351. The Kier molecular flexibility index (Phi) is 6.08. The van der Waals surface area contributed by atoms with Gasteiger partial charge in [-0.3, -0.25) is 4.79 Å². The summed E-state index contributed by atoms with van der Waals surface area (Å²) in [5.41, 5.74) is 2.40. The fourth-order valence-electron chi connectivity index (χ4n) is 2.27. The maximum Gasteiger partial charge on any atom is 0.277 e. The highest BCUT2D eigenvalue weighted by Crippen LogP contribution is 2.19. The SMILES string of the molecule is O=C(COc1cccc(Br)c1)N/N=C/c1ccc(N2CCOCC2)o1. The number of morpholine rings is 1. The van der Waals surface area contributed by atoms with Crippen LogP contribution in [0.2, 0.25) is 0 Å². The molecule has 132 valence electrons. The number of amides is 1. The van der Waals surface area contributed by atoms with E-state index in [1.807, 2.05) is 18.2 Å². The van der Waals surface area contributed by atoms with Gasteiger partial charge in [0.05, 0.1) is 19.4 Å². The van der Waals surface area contributed by atoms with E-state index in [0.29, 0.717) is 24.7 Å². The predicted octanol–water partition coefficient (Wildman–Crippen LogP) is 2.41. The molecule has 0 spiro atoms. The van der Waals surface area contributed by atoms with Crippen molar-refractivity contribution in [1.29, 1.82) is 0 Å². The molecule has 2 heterocycles. The number of anilines is 1. The van der Waals surface area contributed by atoms with Gasteiger partial charge in [-0.1, -0.05) is 22.0 Å². The molecule has 0 atom stereocenters. The second kappa shape index (κ2) is 8.68. The van der Waals surface area contributed by atoms with E-state index in [4.69, 9.17) is 13.9 Å². The first kappa shape index (κ1) is 17.5. The topological polar surface area (TPSA) is 76.3 Å². The van der Waals surface area contributed by atoms with Crippen LogP contribution in [0.3, 0.4) is 0 Å². The minimum Gasteiger partial charge on any atom is -0.484 e. The summed E-state index contributed by atoms with van der Waals surface area (Å²) in [6, 6.07) is 11.0. The molecular formula is C17H18BrN3O4. The van der Waals surface area contributed by atoms with Crippen LogP contribution in [-0.2, 0) is 9.53 Å². The molecule has 8 heteroatoms. The van der Waals surface area contributed by atoms with Crippen LogP contribution in [0, 0.1) is 0 Å².